The summed E-state index contributed by atoms with van der Waals surface area (Å²) >= 11 is 5.69. The van der Waals surface area contributed by atoms with E-state index in [-0.39, 0.29) is 0 Å². The third kappa shape index (κ3) is 3.56. The molecular weight excluding hydrogens is 198 g/mol. The molecule has 78 valence electrons. The van der Waals surface area contributed by atoms with Gasteiger partial charge in [-0.1, -0.05) is 13.5 Å². The predicted octanol–water partition coefficient (Wildman–Crippen LogP) is 2.90. The molecule has 0 spiro atoms. The van der Waals surface area contributed by atoms with Crippen LogP contribution in [0.2, 0.25) is 0 Å². The van der Waals surface area contributed by atoms with Crippen molar-refractivity contribution in [1.82, 2.24) is 4.90 Å². The van der Waals surface area contributed by atoms with Gasteiger partial charge in [0.05, 0.1) is 12.8 Å². The van der Waals surface area contributed by atoms with E-state index in [1.54, 1.807) is 6.26 Å². The van der Waals surface area contributed by atoms with Gasteiger partial charge in [-0.05, 0) is 24.3 Å². The molecule has 0 unspecified atom stereocenters. The van der Waals surface area contributed by atoms with Crippen LogP contribution in [0.4, 0.5) is 0 Å². The molecule has 0 saturated carbocycles. The lowest BCUT2D eigenvalue weighted by Crippen LogP contribution is -2.25. The number of hydrogen-bond donors (Lipinski definition) is 0. The minimum Gasteiger partial charge on any atom is -0.468 e. The summed E-state index contributed by atoms with van der Waals surface area (Å²) in [5.74, 6) is 1.50. The molecule has 1 rings (SSSR count). The SMILES string of the molecule is C=C(CCl)CN(CC)Cc1ccco1. The van der Waals surface area contributed by atoms with Crippen LogP contribution in [0.1, 0.15) is 12.7 Å². The zero-order valence-corrected chi connectivity index (χ0v) is 9.26. The fraction of sp³-hybridized carbons (Fsp3) is 0.455. The Kier molecular flexibility index (Phi) is 4.77. The number of alkyl halides is 1. The first-order valence-electron chi connectivity index (χ1n) is 4.73. The molecule has 0 bridgehead atoms. The quantitative estimate of drug-likeness (QED) is 0.534. The first-order chi connectivity index (χ1) is 6.76. The summed E-state index contributed by atoms with van der Waals surface area (Å²) in [6.45, 7) is 8.62. The largest absolute Gasteiger partial charge is 0.468 e. The third-order valence-electron chi connectivity index (χ3n) is 2.04. The smallest absolute Gasteiger partial charge is 0.117 e. The maximum atomic E-state index is 5.69. The van der Waals surface area contributed by atoms with Gasteiger partial charge in [0.25, 0.3) is 0 Å². The van der Waals surface area contributed by atoms with E-state index in [2.05, 4.69) is 18.4 Å². The average Bonchev–Trinajstić information content (AvgIpc) is 2.69. The molecule has 0 radical (unpaired) electrons. The van der Waals surface area contributed by atoms with Crippen LogP contribution in [-0.2, 0) is 6.54 Å². The Morgan fingerprint density at radius 2 is 2.43 bits per heavy atom. The molecule has 0 N–H and O–H groups in total. The first kappa shape index (κ1) is 11.3. The van der Waals surface area contributed by atoms with Gasteiger partial charge in [0.15, 0.2) is 0 Å². The van der Waals surface area contributed by atoms with Crippen molar-refractivity contribution in [2.24, 2.45) is 0 Å². The summed E-state index contributed by atoms with van der Waals surface area (Å²) in [5, 5.41) is 0. The second kappa shape index (κ2) is 5.89. The Morgan fingerprint density at radius 1 is 1.64 bits per heavy atom. The highest BCUT2D eigenvalue weighted by molar-refractivity contribution is 6.19. The molecular formula is C11H16ClNO. The molecule has 2 nitrogen and oxygen atoms in total. The van der Waals surface area contributed by atoms with Crippen LogP contribution < -0.4 is 0 Å². The van der Waals surface area contributed by atoms with E-state index in [4.69, 9.17) is 16.0 Å². The maximum Gasteiger partial charge on any atom is 0.117 e. The Hall–Kier alpha value is -0.730. The molecule has 14 heavy (non-hydrogen) atoms. The molecule has 0 aliphatic carbocycles. The Morgan fingerprint density at radius 3 is 2.93 bits per heavy atom. The molecule has 1 aromatic rings. The average molecular weight is 214 g/mol. The van der Waals surface area contributed by atoms with E-state index >= 15 is 0 Å². The molecule has 0 aliphatic rings. The minimum atomic E-state index is 0.522. The molecule has 0 amide bonds. The fourth-order valence-corrected chi connectivity index (χ4v) is 1.35. The Labute approximate surface area is 90.2 Å². The van der Waals surface area contributed by atoms with E-state index < -0.39 is 0 Å². The van der Waals surface area contributed by atoms with Crippen molar-refractivity contribution in [2.45, 2.75) is 13.5 Å². The zero-order valence-electron chi connectivity index (χ0n) is 8.50. The van der Waals surface area contributed by atoms with Gasteiger partial charge in [0, 0.05) is 12.4 Å². The summed E-state index contributed by atoms with van der Waals surface area (Å²) < 4.78 is 5.28. The second-order valence-electron chi connectivity index (χ2n) is 3.27. The van der Waals surface area contributed by atoms with Gasteiger partial charge in [-0.25, -0.2) is 0 Å². The summed E-state index contributed by atoms with van der Waals surface area (Å²) in [4.78, 5) is 2.24. The summed E-state index contributed by atoms with van der Waals surface area (Å²) in [5.41, 5.74) is 1.04. The summed E-state index contributed by atoms with van der Waals surface area (Å²) in [6.07, 6.45) is 1.69. The number of rotatable bonds is 6. The lowest BCUT2D eigenvalue weighted by molar-refractivity contribution is 0.276. The van der Waals surface area contributed by atoms with E-state index in [0.29, 0.717) is 5.88 Å². The minimum absolute atomic E-state index is 0.522. The highest BCUT2D eigenvalue weighted by Gasteiger charge is 2.06. The number of halogens is 1. The van der Waals surface area contributed by atoms with Gasteiger partial charge in [0.1, 0.15) is 5.76 Å². The van der Waals surface area contributed by atoms with Crippen LogP contribution in [0, 0.1) is 0 Å². The van der Waals surface area contributed by atoms with E-state index in [0.717, 1.165) is 31.0 Å². The molecule has 0 atom stereocenters. The summed E-state index contributed by atoms with van der Waals surface area (Å²) in [6, 6.07) is 3.88. The maximum absolute atomic E-state index is 5.69. The van der Waals surface area contributed by atoms with E-state index in [9.17, 15) is 0 Å². The topological polar surface area (TPSA) is 16.4 Å². The molecule has 3 heteroatoms. The van der Waals surface area contributed by atoms with Crippen molar-refractivity contribution in [3.05, 3.63) is 36.3 Å². The Bertz CT molecular complexity index is 269. The highest BCUT2D eigenvalue weighted by atomic mass is 35.5. The van der Waals surface area contributed by atoms with Crippen LogP contribution in [-0.4, -0.2) is 23.9 Å². The molecule has 1 heterocycles. The molecule has 0 aliphatic heterocycles. The molecule has 0 saturated heterocycles. The summed E-state index contributed by atoms with van der Waals surface area (Å²) in [7, 11) is 0. The van der Waals surface area contributed by atoms with Crippen molar-refractivity contribution in [2.75, 3.05) is 19.0 Å². The number of nitrogens with zero attached hydrogens (tertiary/aromatic N) is 1. The van der Waals surface area contributed by atoms with E-state index in [1.807, 2.05) is 12.1 Å². The van der Waals surface area contributed by atoms with Gasteiger partial charge < -0.3 is 4.42 Å². The lowest BCUT2D eigenvalue weighted by Gasteiger charge is -2.19. The first-order valence-corrected chi connectivity index (χ1v) is 5.27. The van der Waals surface area contributed by atoms with Crippen LogP contribution in [0.5, 0.6) is 0 Å². The Balaban J connectivity index is 2.43. The van der Waals surface area contributed by atoms with Gasteiger partial charge in [0.2, 0.25) is 0 Å². The van der Waals surface area contributed by atoms with Crippen LogP contribution >= 0.6 is 11.6 Å². The zero-order chi connectivity index (χ0) is 10.4. The molecule has 1 aromatic heterocycles. The number of hydrogen-bond acceptors (Lipinski definition) is 2. The highest BCUT2D eigenvalue weighted by Crippen LogP contribution is 2.07. The monoisotopic (exact) mass is 213 g/mol. The van der Waals surface area contributed by atoms with Crippen LogP contribution in [0.3, 0.4) is 0 Å². The standard InChI is InChI=1S/C11H16ClNO/c1-3-13(8-10(2)7-12)9-11-5-4-6-14-11/h4-6H,2-3,7-9H2,1H3. The predicted molar refractivity (Wildman–Crippen MR) is 59.5 cm³/mol. The van der Waals surface area contributed by atoms with E-state index in [1.165, 1.54) is 0 Å². The van der Waals surface area contributed by atoms with Gasteiger partial charge in [-0.3, -0.25) is 4.90 Å². The second-order valence-corrected chi connectivity index (χ2v) is 3.53. The van der Waals surface area contributed by atoms with Crippen LogP contribution in [0.25, 0.3) is 0 Å². The lowest BCUT2D eigenvalue weighted by atomic mass is 10.3. The van der Waals surface area contributed by atoms with Crippen molar-refractivity contribution < 1.29 is 4.42 Å². The fourth-order valence-electron chi connectivity index (χ4n) is 1.26. The van der Waals surface area contributed by atoms with Gasteiger partial charge >= 0.3 is 0 Å². The number of likely N-dealkylation sites (N-methyl/N-ethyl adjacent to an activating group) is 1. The molecule has 0 fully saturated rings. The van der Waals surface area contributed by atoms with Crippen molar-refractivity contribution in [3.63, 3.8) is 0 Å². The van der Waals surface area contributed by atoms with Crippen molar-refractivity contribution in [1.29, 1.82) is 0 Å². The van der Waals surface area contributed by atoms with Crippen molar-refractivity contribution in [3.8, 4) is 0 Å². The van der Waals surface area contributed by atoms with Crippen molar-refractivity contribution >= 4 is 11.6 Å². The third-order valence-corrected chi connectivity index (χ3v) is 2.42. The molecule has 0 aromatic carbocycles. The number of furan rings is 1. The van der Waals surface area contributed by atoms with Crippen LogP contribution in [0.15, 0.2) is 35.0 Å². The normalized spacial score (nSPS) is 10.8. The van der Waals surface area contributed by atoms with Gasteiger partial charge in [-0.2, -0.15) is 0 Å². The van der Waals surface area contributed by atoms with Gasteiger partial charge in [-0.15, -0.1) is 11.6 Å².